The lowest BCUT2D eigenvalue weighted by Gasteiger charge is -2.33. The van der Waals surface area contributed by atoms with Crippen molar-refractivity contribution in [3.63, 3.8) is 0 Å². The van der Waals surface area contributed by atoms with Crippen LogP contribution in [0.2, 0.25) is 0 Å². The number of halogens is 1. The van der Waals surface area contributed by atoms with Crippen molar-refractivity contribution in [2.75, 3.05) is 26.7 Å². The number of likely N-dealkylation sites (tertiary alicyclic amines) is 1. The van der Waals surface area contributed by atoms with E-state index in [0.29, 0.717) is 5.92 Å². The zero-order valence-electron chi connectivity index (χ0n) is 11.6. The molecule has 0 radical (unpaired) electrons. The summed E-state index contributed by atoms with van der Waals surface area (Å²) in [5.41, 5.74) is 1.86. The van der Waals surface area contributed by atoms with Crippen LogP contribution in [0, 0.1) is 12.8 Å². The zero-order valence-corrected chi connectivity index (χ0v) is 13.2. The largest absolute Gasteiger partial charge is 0.338 e. The minimum Gasteiger partial charge on any atom is -0.338 e. The molecule has 1 amide bonds. The van der Waals surface area contributed by atoms with Gasteiger partial charge >= 0.3 is 0 Å². The third-order valence-electron chi connectivity index (χ3n) is 3.72. The molecule has 1 aliphatic rings. The number of carbonyl (C=O) groups excluding carboxylic acids is 1. The molecule has 1 heterocycles. The lowest BCUT2D eigenvalue weighted by atomic mass is 9.97. The normalized spacial score (nSPS) is 19.5. The van der Waals surface area contributed by atoms with Crippen LogP contribution in [0.4, 0.5) is 0 Å². The molecule has 0 unspecified atom stereocenters. The average molecular weight is 325 g/mol. The topological polar surface area (TPSA) is 32.3 Å². The molecule has 0 saturated carbocycles. The first-order valence-electron chi connectivity index (χ1n) is 6.82. The van der Waals surface area contributed by atoms with E-state index in [0.717, 1.165) is 41.7 Å². The van der Waals surface area contributed by atoms with Gasteiger partial charge < -0.3 is 10.2 Å². The molecule has 1 aromatic carbocycles. The van der Waals surface area contributed by atoms with E-state index in [9.17, 15) is 4.79 Å². The van der Waals surface area contributed by atoms with Crippen molar-refractivity contribution in [3.8, 4) is 0 Å². The number of aryl methyl sites for hydroxylation is 1. The Morgan fingerprint density at radius 1 is 1.53 bits per heavy atom. The van der Waals surface area contributed by atoms with Gasteiger partial charge in [0.25, 0.3) is 5.91 Å². The molecule has 19 heavy (non-hydrogen) atoms. The van der Waals surface area contributed by atoms with Crippen molar-refractivity contribution in [2.45, 2.75) is 19.8 Å². The van der Waals surface area contributed by atoms with Gasteiger partial charge in [0, 0.05) is 23.1 Å². The summed E-state index contributed by atoms with van der Waals surface area (Å²) in [7, 11) is 1.97. The van der Waals surface area contributed by atoms with Gasteiger partial charge in [0.15, 0.2) is 0 Å². The van der Waals surface area contributed by atoms with E-state index in [1.54, 1.807) is 0 Å². The second kappa shape index (κ2) is 6.53. The van der Waals surface area contributed by atoms with Gasteiger partial charge in [-0.15, -0.1) is 0 Å². The van der Waals surface area contributed by atoms with E-state index in [1.165, 1.54) is 6.42 Å². The first kappa shape index (κ1) is 14.5. The first-order valence-corrected chi connectivity index (χ1v) is 7.61. The quantitative estimate of drug-likeness (QED) is 0.927. The molecular weight excluding hydrogens is 304 g/mol. The Hall–Kier alpha value is -0.870. The summed E-state index contributed by atoms with van der Waals surface area (Å²) in [4.78, 5) is 14.6. The molecule has 0 aliphatic carbocycles. The highest BCUT2D eigenvalue weighted by Gasteiger charge is 2.24. The van der Waals surface area contributed by atoms with Gasteiger partial charge in [-0.1, -0.05) is 15.9 Å². The fourth-order valence-electron chi connectivity index (χ4n) is 2.74. The molecule has 1 N–H and O–H groups in total. The number of benzene rings is 1. The van der Waals surface area contributed by atoms with Crippen molar-refractivity contribution in [1.29, 1.82) is 0 Å². The van der Waals surface area contributed by atoms with Gasteiger partial charge in [-0.25, -0.2) is 0 Å². The first-order chi connectivity index (χ1) is 9.11. The zero-order chi connectivity index (χ0) is 13.8. The maximum Gasteiger partial charge on any atom is 0.254 e. The third-order valence-corrected chi connectivity index (χ3v) is 4.21. The van der Waals surface area contributed by atoms with Crippen LogP contribution in [0.3, 0.4) is 0 Å². The lowest BCUT2D eigenvalue weighted by Crippen LogP contribution is -2.42. The molecule has 1 aromatic rings. The number of carbonyl (C=O) groups is 1. The van der Waals surface area contributed by atoms with E-state index >= 15 is 0 Å². The van der Waals surface area contributed by atoms with Crippen molar-refractivity contribution in [1.82, 2.24) is 10.2 Å². The van der Waals surface area contributed by atoms with E-state index in [2.05, 4.69) is 21.2 Å². The van der Waals surface area contributed by atoms with Crippen molar-refractivity contribution < 1.29 is 4.79 Å². The third kappa shape index (κ3) is 3.57. The summed E-state index contributed by atoms with van der Waals surface area (Å²) in [6.07, 6.45) is 2.32. The molecule has 3 nitrogen and oxygen atoms in total. The number of piperidine rings is 1. The van der Waals surface area contributed by atoms with Crippen LogP contribution in [-0.2, 0) is 0 Å². The highest BCUT2D eigenvalue weighted by atomic mass is 79.9. The Balaban J connectivity index is 2.10. The fraction of sp³-hybridized carbons (Fsp3) is 0.533. The van der Waals surface area contributed by atoms with Crippen LogP contribution in [0.25, 0.3) is 0 Å². The Labute approximate surface area is 123 Å². The van der Waals surface area contributed by atoms with Gasteiger partial charge in [-0.05, 0) is 63.0 Å². The fourth-order valence-corrected chi connectivity index (χ4v) is 3.22. The molecule has 0 spiro atoms. The molecule has 1 atom stereocenters. The van der Waals surface area contributed by atoms with E-state index < -0.39 is 0 Å². The molecule has 1 saturated heterocycles. The molecule has 2 rings (SSSR count). The average Bonchev–Trinajstić information content (AvgIpc) is 2.39. The summed E-state index contributed by atoms with van der Waals surface area (Å²) in [5.74, 6) is 0.754. The molecule has 4 heteroatoms. The van der Waals surface area contributed by atoms with Gasteiger partial charge in [0.05, 0.1) is 0 Å². The van der Waals surface area contributed by atoms with Crippen LogP contribution in [-0.4, -0.2) is 37.5 Å². The maximum atomic E-state index is 12.6. The van der Waals surface area contributed by atoms with Crippen LogP contribution in [0.15, 0.2) is 22.7 Å². The standard InChI is InChI=1S/C15H21BrN2O/c1-11-8-13(16)5-6-14(11)15(19)18-7-3-4-12(10-18)9-17-2/h5-6,8,12,17H,3-4,7,9-10H2,1-2H3/t12-/m1/s1. The SMILES string of the molecule is CNC[C@H]1CCCN(C(=O)c2ccc(Br)cc2C)C1. The number of nitrogens with one attached hydrogen (secondary N) is 1. The monoisotopic (exact) mass is 324 g/mol. The van der Waals surface area contributed by atoms with Gasteiger partial charge in [-0.3, -0.25) is 4.79 Å². The number of amides is 1. The molecule has 0 aromatic heterocycles. The minimum absolute atomic E-state index is 0.172. The predicted octanol–water partition coefficient (Wildman–Crippen LogP) is 2.83. The van der Waals surface area contributed by atoms with Gasteiger partial charge in [-0.2, -0.15) is 0 Å². The Morgan fingerprint density at radius 3 is 3.00 bits per heavy atom. The van der Waals surface area contributed by atoms with E-state index in [-0.39, 0.29) is 5.91 Å². The summed E-state index contributed by atoms with van der Waals surface area (Å²) >= 11 is 3.44. The van der Waals surface area contributed by atoms with Crippen molar-refractivity contribution >= 4 is 21.8 Å². The molecule has 1 fully saturated rings. The molecule has 104 valence electrons. The van der Waals surface area contributed by atoms with Crippen molar-refractivity contribution in [2.24, 2.45) is 5.92 Å². The highest BCUT2D eigenvalue weighted by molar-refractivity contribution is 9.10. The van der Waals surface area contributed by atoms with Crippen LogP contribution >= 0.6 is 15.9 Å². The highest BCUT2D eigenvalue weighted by Crippen LogP contribution is 2.21. The lowest BCUT2D eigenvalue weighted by molar-refractivity contribution is 0.0673. The summed E-state index contributed by atoms with van der Waals surface area (Å²) in [5, 5.41) is 3.21. The predicted molar refractivity (Wildman–Crippen MR) is 81.4 cm³/mol. The second-order valence-electron chi connectivity index (χ2n) is 5.28. The van der Waals surface area contributed by atoms with Crippen LogP contribution in [0.5, 0.6) is 0 Å². The van der Waals surface area contributed by atoms with E-state index in [4.69, 9.17) is 0 Å². The number of hydrogen-bond acceptors (Lipinski definition) is 2. The summed E-state index contributed by atoms with van der Waals surface area (Å²) in [6.45, 7) is 4.74. The summed E-state index contributed by atoms with van der Waals surface area (Å²) in [6, 6.07) is 5.86. The molecule has 0 bridgehead atoms. The van der Waals surface area contributed by atoms with Crippen molar-refractivity contribution in [3.05, 3.63) is 33.8 Å². The van der Waals surface area contributed by atoms with Crippen LogP contribution in [0.1, 0.15) is 28.8 Å². The van der Waals surface area contributed by atoms with Gasteiger partial charge in [0.1, 0.15) is 0 Å². The van der Waals surface area contributed by atoms with Gasteiger partial charge in [0.2, 0.25) is 0 Å². The number of nitrogens with zero attached hydrogens (tertiary/aromatic N) is 1. The number of rotatable bonds is 3. The summed E-state index contributed by atoms with van der Waals surface area (Å²) < 4.78 is 1.02. The second-order valence-corrected chi connectivity index (χ2v) is 6.19. The molecule has 1 aliphatic heterocycles. The van der Waals surface area contributed by atoms with E-state index in [1.807, 2.05) is 37.1 Å². The Kier molecular flexibility index (Phi) is 4.99. The molecular formula is C15H21BrN2O. The Morgan fingerprint density at radius 2 is 2.32 bits per heavy atom. The Bertz CT molecular complexity index is 459. The van der Waals surface area contributed by atoms with Crippen LogP contribution < -0.4 is 5.32 Å². The maximum absolute atomic E-state index is 12.6. The number of hydrogen-bond donors (Lipinski definition) is 1. The smallest absolute Gasteiger partial charge is 0.254 e. The minimum atomic E-state index is 0.172.